The van der Waals surface area contributed by atoms with Crippen molar-refractivity contribution < 1.29 is 9.90 Å². The fourth-order valence-electron chi connectivity index (χ4n) is 1.68. The van der Waals surface area contributed by atoms with E-state index in [1.54, 1.807) is 4.68 Å². The number of rotatable bonds is 5. The highest BCUT2D eigenvalue weighted by Gasteiger charge is 2.21. The highest BCUT2D eigenvalue weighted by molar-refractivity contribution is 9.10. The Morgan fingerprint density at radius 2 is 2.19 bits per heavy atom. The van der Waals surface area contributed by atoms with Crippen molar-refractivity contribution in [2.75, 3.05) is 0 Å². The average molecular weight is 289 g/mol. The number of hydrogen-bond donors (Lipinski definition) is 1. The lowest BCUT2D eigenvalue weighted by Gasteiger charge is -2.10. The maximum Gasteiger partial charge on any atom is 0.306 e. The van der Waals surface area contributed by atoms with E-state index >= 15 is 0 Å². The first-order chi connectivity index (χ1) is 7.51. The number of carbonyl (C=O) groups is 1. The van der Waals surface area contributed by atoms with E-state index in [9.17, 15) is 4.79 Å². The summed E-state index contributed by atoms with van der Waals surface area (Å²) in [5, 5.41) is 13.4. The SMILES string of the molecule is CCc1nn(C)c(CC(CC)C(=O)O)c1Br. The third-order valence-corrected chi connectivity index (χ3v) is 3.70. The Labute approximate surface area is 104 Å². The summed E-state index contributed by atoms with van der Waals surface area (Å²) in [6, 6.07) is 0. The van der Waals surface area contributed by atoms with Gasteiger partial charge in [0, 0.05) is 13.5 Å². The second kappa shape index (κ2) is 5.48. The molecule has 0 bridgehead atoms. The summed E-state index contributed by atoms with van der Waals surface area (Å²) in [6.45, 7) is 3.93. The van der Waals surface area contributed by atoms with Gasteiger partial charge in [-0.3, -0.25) is 9.48 Å². The van der Waals surface area contributed by atoms with Crippen molar-refractivity contribution in [3.8, 4) is 0 Å². The highest BCUT2D eigenvalue weighted by Crippen LogP contribution is 2.25. The van der Waals surface area contributed by atoms with E-state index in [0.29, 0.717) is 12.8 Å². The second-order valence-corrected chi connectivity index (χ2v) is 4.63. The first-order valence-electron chi connectivity index (χ1n) is 5.44. The van der Waals surface area contributed by atoms with Crippen LogP contribution in [0.5, 0.6) is 0 Å². The minimum Gasteiger partial charge on any atom is -0.481 e. The molecule has 0 saturated heterocycles. The molecule has 0 aliphatic heterocycles. The predicted molar refractivity (Wildman–Crippen MR) is 65.4 cm³/mol. The van der Waals surface area contributed by atoms with Gasteiger partial charge in [0.1, 0.15) is 0 Å². The van der Waals surface area contributed by atoms with E-state index in [0.717, 1.165) is 22.3 Å². The Kier molecular flexibility index (Phi) is 4.53. The van der Waals surface area contributed by atoms with Crippen LogP contribution in [-0.2, 0) is 24.7 Å². The summed E-state index contributed by atoms with van der Waals surface area (Å²) in [5.74, 6) is -1.08. The first kappa shape index (κ1) is 13.2. The number of carboxylic acid groups (broad SMARTS) is 1. The molecule has 0 spiro atoms. The molecule has 0 aromatic carbocycles. The molecule has 1 N–H and O–H groups in total. The topological polar surface area (TPSA) is 55.1 Å². The highest BCUT2D eigenvalue weighted by atomic mass is 79.9. The van der Waals surface area contributed by atoms with Crippen LogP contribution in [0.4, 0.5) is 0 Å². The fourth-order valence-corrected chi connectivity index (χ4v) is 2.46. The lowest BCUT2D eigenvalue weighted by Crippen LogP contribution is -2.17. The molecule has 1 rings (SSSR count). The summed E-state index contributed by atoms with van der Waals surface area (Å²) in [7, 11) is 1.85. The van der Waals surface area contributed by atoms with Crippen LogP contribution in [-0.4, -0.2) is 20.9 Å². The lowest BCUT2D eigenvalue weighted by atomic mass is 10.0. The summed E-state index contributed by atoms with van der Waals surface area (Å²) in [6.07, 6.45) is 2.00. The van der Waals surface area contributed by atoms with Gasteiger partial charge in [-0.15, -0.1) is 0 Å². The molecule has 1 unspecified atom stereocenters. The van der Waals surface area contributed by atoms with Crippen molar-refractivity contribution in [3.63, 3.8) is 0 Å². The molecule has 0 aliphatic carbocycles. The van der Waals surface area contributed by atoms with Crippen LogP contribution in [0, 0.1) is 5.92 Å². The molecule has 5 heteroatoms. The van der Waals surface area contributed by atoms with Gasteiger partial charge in [0.05, 0.1) is 21.8 Å². The third-order valence-electron chi connectivity index (χ3n) is 2.78. The molecule has 0 saturated carbocycles. The normalized spacial score (nSPS) is 12.8. The van der Waals surface area contributed by atoms with Crippen molar-refractivity contribution in [1.29, 1.82) is 0 Å². The second-order valence-electron chi connectivity index (χ2n) is 3.83. The smallest absolute Gasteiger partial charge is 0.306 e. The van der Waals surface area contributed by atoms with E-state index in [1.165, 1.54) is 0 Å². The molecule has 1 heterocycles. The van der Waals surface area contributed by atoms with Gasteiger partial charge in [0.25, 0.3) is 0 Å². The molecule has 0 aliphatic rings. The minimum atomic E-state index is -0.742. The summed E-state index contributed by atoms with van der Waals surface area (Å²) >= 11 is 3.49. The van der Waals surface area contributed by atoms with Crippen LogP contribution in [0.15, 0.2) is 4.47 Å². The van der Waals surface area contributed by atoms with Gasteiger partial charge in [-0.1, -0.05) is 13.8 Å². The van der Waals surface area contributed by atoms with E-state index in [2.05, 4.69) is 21.0 Å². The van der Waals surface area contributed by atoms with Crippen LogP contribution in [0.1, 0.15) is 31.7 Å². The summed E-state index contributed by atoms with van der Waals surface area (Å²) < 4.78 is 2.73. The number of aromatic nitrogens is 2. The van der Waals surface area contributed by atoms with Crippen molar-refractivity contribution >= 4 is 21.9 Å². The number of aryl methyl sites for hydroxylation is 2. The average Bonchev–Trinajstić information content (AvgIpc) is 2.51. The number of hydrogen-bond acceptors (Lipinski definition) is 2. The Bertz CT molecular complexity index is 388. The summed E-state index contributed by atoms with van der Waals surface area (Å²) in [4.78, 5) is 11.0. The van der Waals surface area contributed by atoms with Gasteiger partial charge in [0.15, 0.2) is 0 Å². The molecule has 1 aromatic heterocycles. The first-order valence-corrected chi connectivity index (χ1v) is 6.23. The van der Waals surface area contributed by atoms with Crippen molar-refractivity contribution in [3.05, 3.63) is 15.9 Å². The Hall–Kier alpha value is -0.840. The van der Waals surface area contributed by atoms with Crippen LogP contribution < -0.4 is 0 Å². The maximum atomic E-state index is 11.0. The fraction of sp³-hybridized carbons (Fsp3) is 0.636. The molecular weight excluding hydrogens is 272 g/mol. The van der Waals surface area contributed by atoms with Crippen LogP contribution in [0.3, 0.4) is 0 Å². The molecular formula is C11H17BrN2O2. The predicted octanol–water partition coefficient (Wildman–Crippen LogP) is 2.40. The summed E-state index contributed by atoms with van der Waals surface area (Å²) in [5.41, 5.74) is 1.95. The van der Waals surface area contributed by atoms with E-state index in [1.807, 2.05) is 20.9 Å². The van der Waals surface area contributed by atoms with Crippen LogP contribution in [0.25, 0.3) is 0 Å². The van der Waals surface area contributed by atoms with Crippen molar-refractivity contribution in [2.24, 2.45) is 13.0 Å². The minimum absolute atomic E-state index is 0.337. The zero-order chi connectivity index (χ0) is 12.3. The van der Waals surface area contributed by atoms with Gasteiger partial charge in [0.2, 0.25) is 0 Å². The molecule has 0 radical (unpaired) electrons. The number of aliphatic carboxylic acids is 1. The molecule has 1 aromatic rings. The largest absolute Gasteiger partial charge is 0.481 e. The lowest BCUT2D eigenvalue weighted by molar-refractivity contribution is -0.141. The van der Waals surface area contributed by atoms with Gasteiger partial charge < -0.3 is 5.11 Å². The quantitative estimate of drug-likeness (QED) is 0.905. The van der Waals surface area contributed by atoms with Gasteiger partial charge in [-0.2, -0.15) is 5.10 Å². The molecule has 4 nitrogen and oxygen atoms in total. The van der Waals surface area contributed by atoms with Gasteiger partial charge in [-0.05, 0) is 28.8 Å². The molecule has 0 amide bonds. The number of carboxylic acids is 1. The van der Waals surface area contributed by atoms with Crippen molar-refractivity contribution in [1.82, 2.24) is 9.78 Å². The zero-order valence-electron chi connectivity index (χ0n) is 9.83. The third kappa shape index (κ3) is 2.64. The molecule has 0 fully saturated rings. The Morgan fingerprint density at radius 1 is 1.56 bits per heavy atom. The van der Waals surface area contributed by atoms with Crippen molar-refractivity contribution in [2.45, 2.75) is 33.1 Å². The Morgan fingerprint density at radius 3 is 2.56 bits per heavy atom. The van der Waals surface area contributed by atoms with Crippen LogP contribution in [0.2, 0.25) is 0 Å². The monoisotopic (exact) mass is 288 g/mol. The number of halogens is 1. The zero-order valence-corrected chi connectivity index (χ0v) is 11.4. The Balaban J connectivity index is 2.96. The molecule has 90 valence electrons. The van der Waals surface area contributed by atoms with Gasteiger partial charge in [-0.25, -0.2) is 0 Å². The van der Waals surface area contributed by atoms with E-state index in [4.69, 9.17) is 5.11 Å². The standard InChI is InChI=1S/C11H17BrN2O2/c1-4-7(11(15)16)6-9-10(12)8(5-2)13-14(9)3/h7H,4-6H2,1-3H3,(H,15,16). The van der Waals surface area contributed by atoms with Crippen LogP contribution >= 0.6 is 15.9 Å². The molecule has 1 atom stereocenters. The van der Waals surface area contributed by atoms with Gasteiger partial charge >= 0.3 is 5.97 Å². The number of nitrogens with zero attached hydrogens (tertiary/aromatic N) is 2. The molecule has 16 heavy (non-hydrogen) atoms. The van der Waals surface area contributed by atoms with E-state index in [-0.39, 0.29) is 5.92 Å². The van der Waals surface area contributed by atoms with E-state index < -0.39 is 5.97 Å². The maximum absolute atomic E-state index is 11.0.